The molecular formula is C19H28N4O2. The van der Waals surface area contributed by atoms with Crippen LogP contribution in [-0.2, 0) is 13.1 Å². The zero-order valence-electron chi connectivity index (χ0n) is 15.2. The first kappa shape index (κ1) is 17.7. The number of amides is 1. The normalized spacial score (nSPS) is 18.0. The minimum atomic E-state index is 0.00246. The van der Waals surface area contributed by atoms with Crippen molar-refractivity contribution in [3.8, 4) is 0 Å². The maximum absolute atomic E-state index is 13.0. The maximum atomic E-state index is 13.0. The Hall–Kier alpha value is -2.08. The Balaban J connectivity index is 1.68. The summed E-state index contributed by atoms with van der Waals surface area (Å²) in [5, 5.41) is 4.28. The molecule has 0 N–H and O–H groups in total. The molecule has 0 radical (unpaired) electrons. The molecule has 1 saturated heterocycles. The molecule has 0 aliphatic carbocycles. The third-order valence-corrected chi connectivity index (χ3v) is 4.99. The first-order chi connectivity index (χ1) is 12.2. The van der Waals surface area contributed by atoms with Crippen LogP contribution in [0.3, 0.4) is 0 Å². The number of carbonyl (C=O) groups is 1. The lowest BCUT2D eigenvalue weighted by Crippen LogP contribution is -2.45. The van der Waals surface area contributed by atoms with Crippen molar-refractivity contribution in [1.29, 1.82) is 0 Å². The second kappa shape index (κ2) is 8.34. The molecule has 1 amide bonds. The van der Waals surface area contributed by atoms with Crippen molar-refractivity contribution in [3.63, 3.8) is 0 Å². The van der Waals surface area contributed by atoms with E-state index in [0.717, 1.165) is 57.7 Å². The maximum Gasteiger partial charge on any atom is 0.289 e. The molecule has 3 heterocycles. The molecule has 0 bridgehead atoms. The van der Waals surface area contributed by atoms with Gasteiger partial charge in [0.15, 0.2) is 5.76 Å². The van der Waals surface area contributed by atoms with E-state index in [1.165, 1.54) is 0 Å². The molecule has 0 aromatic carbocycles. The van der Waals surface area contributed by atoms with Gasteiger partial charge in [0.1, 0.15) is 5.76 Å². The quantitative estimate of drug-likeness (QED) is 0.775. The fraction of sp³-hybridized carbons (Fsp3) is 0.579. The lowest BCUT2D eigenvalue weighted by atomic mass is 10.0. The molecule has 2 aromatic rings. The monoisotopic (exact) mass is 344 g/mol. The van der Waals surface area contributed by atoms with Crippen molar-refractivity contribution in [3.05, 3.63) is 42.1 Å². The predicted octanol–water partition coefficient (Wildman–Crippen LogP) is 3.01. The summed E-state index contributed by atoms with van der Waals surface area (Å²) < 4.78 is 7.77. The standard InChI is InChI=1S/C19H28N4O2/c1-3-21(4-2)15-17-9-10-18(25-17)19(24)23-13-6-5-8-16(23)14-22-12-7-11-20-22/h7,9-12,16H,3-6,8,13-15H2,1-2H3/t16-/m0/s1. The van der Waals surface area contributed by atoms with E-state index in [4.69, 9.17) is 4.42 Å². The summed E-state index contributed by atoms with van der Waals surface area (Å²) >= 11 is 0. The molecular weight excluding hydrogens is 316 g/mol. The van der Waals surface area contributed by atoms with E-state index in [9.17, 15) is 4.79 Å². The summed E-state index contributed by atoms with van der Waals surface area (Å²) in [7, 11) is 0. The van der Waals surface area contributed by atoms with Gasteiger partial charge in [-0.1, -0.05) is 13.8 Å². The number of likely N-dealkylation sites (tertiary alicyclic amines) is 1. The number of hydrogen-bond acceptors (Lipinski definition) is 4. The van der Waals surface area contributed by atoms with Crippen molar-refractivity contribution in [2.24, 2.45) is 0 Å². The SMILES string of the molecule is CCN(CC)Cc1ccc(C(=O)N2CCCC[C@H]2Cn2cccn2)o1. The largest absolute Gasteiger partial charge is 0.455 e. The van der Waals surface area contributed by atoms with Gasteiger partial charge in [-0.05, 0) is 50.6 Å². The highest BCUT2D eigenvalue weighted by Gasteiger charge is 2.29. The van der Waals surface area contributed by atoms with Crippen LogP contribution in [0.5, 0.6) is 0 Å². The number of furan rings is 1. The van der Waals surface area contributed by atoms with Gasteiger partial charge < -0.3 is 9.32 Å². The van der Waals surface area contributed by atoms with Gasteiger partial charge in [-0.15, -0.1) is 0 Å². The molecule has 1 aliphatic heterocycles. The Bertz CT molecular complexity index is 661. The minimum Gasteiger partial charge on any atom is -0.455 e. The fourth-order valence-corrected chi connectivity index (χ4v) is 3.47. The van der Waals surface area contributed by atoms with E-state index in [-0.39, 0.29) is 11.9 Å². The van der Waals surface area contributed by atoms with Gasteiger partial charge in [0.2, 0.25) is 0 Å². The summed E-state index contributed by atoms with van der Waals surface area (Å²) in [4.78, 5) is 17.2. The van der Waals surface area contributed by atoms with E-state index in [0.29, 0.717) is 5.76 Å². The van der Waals surface area contributed by atoms with Crippen molar-refractivity contribution in [2.75, 3.05) is 19.6 Å². The summed E-state index contributed by atoms with van der Waals surface area (Å²) in [6.45, 7) is 8.48. The molecule has 0 unspecified atom stereocenters. The Morgan fingerprint density at radius 2 is 2.16 bits per heavy atom. The van der Waals surface area contributed by atoms with Gasteiger partial charge in [0.25, 0.3) is 5.91 Å². The average molecular weight is 344 g/mol. The molecule has 2 aromatic heterocycles. The first-order valence-corrected chi connectivity index (χ1v) is 9.30. The predicted molar refractivity (Wildman–Crippen MR) is 96.2 cm³/mol. The minimum absolute atomic E-state index is 0.00246. The molecule has 25 heavy (non-hydrogen) atoms. The molecule has 136 valence electrons. The van der Waals surface area contributed by atoms with Crippen LogP contribution in [0.15, 0.2) is 35.0 Å². The smallest absolute Gasteiger partial charge is 0.289 e. The van der Waals surface area contributed by atoms with Gasteiger partial charge in [-0.3, -0.25) is 14.4 Å². The van der Waals surface area contributed by atoms with Crippen molar-refractivity contribution in [2.45, 2.75) is 52.2 Å². The number of nitrogens with zero attached hydrogens (tertiary/aromatic N) is 4. The third-order valence-electron chi connectivity index (χ3n) is 4.99. The number of piperidine rings is 1. The summed E-state index contributed by atoms with van der Waals surface area (Å²) in [6.07, 6.45) is 6.95. The number of rotatable bonds is 7. The lowest BCUT2D eigenvalue weighted by molar-refractivity contribution is 0.0548. The highest BCUT2D eigenvalue weighted by atomic mass is 16.4. The van der Waals surface area contributed by atoms with Crippen LogP contribution in [0, 0.1) is 0 Å². The van der Waals surface area contributed by atoms with Gasteiger partial charge in [0, 0.05) is 18.9 Å². The molecule has 0 spiro atoms. The molecule has 6 heteroatoms. The third kappa shape index (κ3) is 4.31. The molecule has 1 atom stereocenters. The van der Waals surface area contributed by atoms with Crippen molar-refractivity contribution < 1.29 is 9.21 Å². The van der Waals surface area contributed by atoms with E-state index < -0.39 is 0 Å². The Morgan fingerprint density at radius 3 is 2.88 bits per heavy atom. The van der Waals surface area contributed by atoms with E-state index in [1.807, 2.05) is 34.0 Å². The summed E-state index contributed by atoms with van der Waals surface area (Å²) in [5.41, 5.74) is 0. The fourth-order valence-electron chi connectivity index (χ4n) is 3.47. The number of hydrogen-bond donors (Lipinski definition) is 0. The van der Waals surface area contributed by atoms with Crippen LogP contribution in [0.2, 0.25) is 0 Å². The average Bonchev–Trinajstić information content (AvgIpc) is 3.31. The Labute approximate surface area is 149 Å². The highest BCUT2D eigenvalue weighted by molar-refractivity contribution is 5.91. The Kier molecular flexibility index (Phi) is 5.91. The molecule has 0 saturated carbocycles. The zero-order valence-corrected chi connectivity index (χ0v) is 15.2. The topological polar surface area (TPSA) is 54.5 Å². The van der Waals surface area contributed by atoms with Crippen LogP contribution < -0.4 is 0 Å². The van der Waals surface area contributed by atoms with Crippen LogP contribution in [0.1, 0.15) is 49.4 Å². The second-order valence-electron chi connectivity index (χ2n) is 6.60. The highest BCUT2D eigenvalue weighted by Crippen LogP contribution is 2.22. The van der Waals surface area contributed by atoms with Crippen LogP contribution >= 0.6 is 0 Å². The van der Waals surface area contributed by atoms with Crippen LogP contribution in [0.4, 0.5) is 0 Å². The van der Waals surface area contributed by atoms with Gasteiger partial charge in [-0.25, -0.2) is 0 Å². The number of aromatic nitrogens is 2. The van der Waals surface area contributed by atoms with Crippen molar-refractivity contribution in [1.82, 2.24) is 19.6 Å². The molecule has 1 aliphatic rings. The summed E-state index contributed by atoms with van der Waals surface area (Å²) in [5.74, 6) is 1.31. The lowest BCUT2D eigenvalue weighted by Gasteiger charge is -2.35. The van der Waals surface area contributed by atoms with Crippen LogP contribution in [-0.4, -0.2) is 51.2 Å². The van der Waals surface area contributed by atoms with Crippen LogP contribution in [0.25, 0.3) is 0 Å². The molecule has 1 fully saturated rings. The van der Waals surface area contributed by atoms with Crippen molar-refractivity contribution >= 4 is 5.91 Å². The first-order valence-electron chi connectivity index (χ1n) is 9.30. The van der Waals surface area contributed by atoms with E-state index in [2.05, 4.69) is 23.8 Å². The molecule has 3 rings (SSSR count). The zero-order chi connectivity index (χ0) is 17.6. The van der Waals surface area contributed by atoms with Gasteiger partial charge in [-0.2, -0.15) is 5.10 Å². The molecule has 6 nitrogen and oxygen atoms in total. The number of carbonyl (C=O) groups excluding carboxylic acids is 1. The van der Waals surface area contributed by atoms with Gasteiger partial charge in [0.05, 0.1) is 19.1 Å². The van der Waals surface area contributed by atoms with E-state index in [1.54, 1.807) is 6.20 Å². The van der Waals surface area contributed by atoms with Gasteiger partial charge >= 0.3 is 0 Å². The summed E-state index contributed by atoms with van der Waals surface area (Å²) in [6, 6.07) is 5.84. The second-order valence-corrected chi connectivity index (χ2v) is 6.60. The Morgan fingerprint density at radius 1 is 1.32 bits per heavy atom. The van der Waals surface area contributed by atoms with E-state index >= 15 is 0 Å².